The highest BCUT2D eigenvalue weighted by molar-refractivity contribution is 6.04. The number of nitrogens with zero attached hydrogens (tertiary/aromatic N) is 2. The van der Waals surface area contributed by atoms with Crippen molar-refractivity contribution in [3.63, 3.8) is 0 Å². The lowest BCUT2D eigenvalue weighted by atomic mass is 10.1. The molecule has 0 spiro atoms. The van der Waals surface area contributed by atoms with E-state index in [0.717, 1.165) is 23.4 Å². The van der Waals surface area contributed by atoms with E-state index in [1.807, 2.05) is 6.07 Å². The van der Waals surface area contributed by atoms with E-state index >= 15 is 0 Å². The van der Waals surface area contributed by atoms with E-state index in [1.165, 1.54) is 24.0 Å². The first-order valence-corrected chi connectivity index (χ1v) is 9.99. The standard InChI is InChI=1S/C22H20F3N3O4/c1-13(29)27-8-7-14-9-17(5-6-19(14)27)28-12-15(10-20(28)30)21(31)26-16-3-2-4-18(11-16)32-22(23,24)25/h2-6,9,11,15H,7-8,10,12H2,1H3,(H,26,31)/t15-/m1/s1. The second-order valence-electron chi connectivity index (χ2n) is 7.70. The van der Waals surface area contributed by atoms with Crippen LogP contribution in [0.5, 0.6) is 5.75 Å². The number of fused-ring (bicyclic) bond motifs is 1. The van der Waals surface area contributed by atoms with Gasteiger partial charge >= 0.3 is 6.36 Å². The van der Waals surface area contributed by atoms with Crippen molar-refractivity contribution in [1.29, 1.82) is 0 Å². The smallest absolute Gasteiger partial charge is 0.406 e. The first-order chi connectivity index (χ1) is 15.1. The van der Waals surface area contributed by atoms with E-state index in [1.54, 1.807) is 17.0 Å². The number of benzene rings is 2. The molecule has 4 rings (SSSR count). The van der Waals surface area contributed by atoms with Crippen molar-refractivity contribution in [2.75, 3.05) is 28.2 Å². The molecule has 10 heteroatoms. The van der Waals surface area contributed by atoms with Crippen molar-refractivity contribution >= 4 is 34.8 Å². The molecule has 1 fully saturated rings. The first-order valence-electron chi connectivity index (χ1n) is 9.99. The zero-order valence-electron chi connectivity index (χ0n) is 17.1. The van der Waals surface area contributed by atoms with Crippen LogP contribution in [0, 0.1) is 5.92 Å². The topological polar surface area (TPSA) is 79.0 Å². The van der Waals surface area contributed by atoms with Gasteiger partial charge in [0.2, 0.25) is 17.7 Å². The average molecular weight is 447 g/mol. The van der Waals surface area contributed by atoms with Gasteiger partial charge in [0.25, 0.3) is 0 Å². The Morgan fingerprint density at radius 3 is 2.66 bits per heavy atom. The van der Waals surface area contributed by atoms with Crippen LogP contribution in [-0.4, -0.2) is 37.2 Å². The van der Waals surface area contributed by atoms with Crippen LogP contribution in [0.3, 0.4) is 0 Å². The number of carbonyl (C=O) groups excluding carboxylic acids is 3. The minimum absolute atomic E-state index is 0.0127. The maximum Gasteiger partial charge on any atom is 0.573 e. The molecule has 2 aliphatic heterocycles. The van der Waals surface area contributed by atoms with Crippen LogP contribution in [0.15, 0.2) is 42.5 Å². The Balaban J connectivity index is 1.44. The van der Waals surface area contributed by atoms with E-state index in [-0.39, 0.29) is 30.5 Å². The summed E-state index contributed by atoms with van der Waals surface area (Å²) in [5.74, 6) is -1.83. The molecular weight excluding hydrogens is 427 g/mol. The molecular formula is C22H20F3N3O4. The Morgan fingerprint density at radius 1 is 1.16 bits per heavy atom. The predicted molar refractivity (Wildman–Crippen MR) is 110 cm³/mol. The number of amides is 3. The second-order valence-corrected chi connectivity index (χ2v) is 7.70. The summed E-state index contributed by atoms with van der Waals surface area (Å²) in [6.45, 7) is 2.24. The van der Waals surface area contributed by atoms with Crippen LogP contribution in [0.25, 0.3) is 0 Å². The Bertz CT molecular complexity index is 1090. The van der Waals surface area contributed by atoms with Crippen LogP contribution in [-0.2, 0) is 20.8 Å². The molecule has 2 aromatic carbocycles. The minimum atomic E-state index is -4.84. The van der Waals surface area contributed by atoms with Crippen LogP contribution >= 0.6 is 0 Å². The number of alkyl halides is 3. The van der Waals surface area contributed by atoms with Crippen molar-refractivity contribution in [2.24, 2.45) is 5.92 Å². The van der Waals surface area contributed by atoms with E-state index in [4.69, 9.17) is 0 Å². The van der Waals surface area contributed by atoms with E-state index < -0.39 is 23.9 Å². The Labute approximate surface area is 181 Å². The summed E-state index contributed by atoms with van der Waals surface area (Å²) in [6, 6.07) is 10.4. The Hall–Kier alpha value is -3.56. The fourth-order valence-electron chi connectivity index (χ4n) is 4.03. The molecule has 1 saturated heterocycles. The third kappa shape index (κ3) is 4.53. The fourth-order valence-corrected chi connectivity index (χ4v) is 4.03. The maximum atomic E-state index is 12.6. The summed E-state index contributed by atoms with van der Waals surface area (Å²) in [6.07, 6.45) is -4.16. The van der Waals surface area contributed by atoms with E-state index in [0.29, 0.717) is 18.7 Å². The molecule has 2 aliphatic rings. The molecule has 0 bridgehead atoms. The van der Waals surface area contributed by atoms with Crippen molar-refractivity contribution in [3.8, 4) is 5.75 Å². The van der Waals surface area contributed by atoms with Gasteiger partial charge in [-0.2, -0.15) is 0 Å². The summed E-state index contributed by atoms with van der Waals surface area (Å²) >= 11 is 0. The summed E-state index contributed by atoms with van der Waals surface area (Å²) in [5, 5.41) is 2.55. The molecule has 1 N–H and O–H groups in total. The molecule has 32 heavy (non-hydrogen) atoms. The molecule has 3 amide bonds. The maximum absolute atomic E-state index is 12.6. The number of rotatable bonds is 4. The van der Waals surface area contributed by atoms with Crippen molar-refractivity contribution in [2.45, 2.75) is 26.1 Å². The quantitative estimate of drug-likeness (QED) is 0.779. The normalized spacial score (nSPS) is 18.0. The fraction of sp³-hybridized carbons (Fsp3) is 0.318. The predicted octanol–water partition coefficient (Wildman–Crippen LogP) is 3.49. The number of hydrogen-bond acceptors (Lipinski definition) is 4. The van der Waals surface area contributed by atoms with Gasteiger partial charge in [-0.05, 0) is 42.3 Å². The second kappa shape index (κ2) is 8.18. The van der Waals surface area contributed by atoms with Gasteiger partial charge in [-0.15, -0.1) is 13.2 Å². The Kier molecular flexibility index (Phi) is 5.53. The van der Waals surface area contributed by atoms with Gasteiger partial charge in [0.05, 0.1) is 5.92 Å². The minimum Gasteiger partial charge on any atom is -0.406 e. The lowest BCUT2D eigenvalue weighted by Gasteiger charge is -2.19. The van der Waals surface area contributed by atoms with Gasteiger partial charge < -0.3 is 19.9 Å². The highest BCUT2D eigenvalue weighted by Crippen LogP contribution is 2.34. The van der Waals surface area contributed by atoms with Crippen molar-refractivity contribution in [3.05, 3.63) is 48.0 Å². The lowest BCUT2D eigenvalue weighted by molar-refractivity contribution is -0.274. The van der Waals surface area contributed by atoms with Gasteiger partial charge in [-0.3, -0.25) is 14.4 Å². The molecule has 0 radical (unpaired) electrons. The van der Waals surface area contributed by atoms with Crippen LogP contribution in [0.2, 0.25) is 0 Å². The molecule has 0 saturated carbocycles. The lowest BCUT2D eigenvalue weighted by Crippen LogP contribution is -2.28. The number of anilines is 3. The third-order valence-electron chi connectivity index (χ3n) is 5.48. The van der Waals surface area contributed by atoms with Crippen LogP contribution < -0.4 is 19.9 Å². The van der Waals surface area contributed by atoms with Gasteiger partial charge in [-0.1, -0.05) is 6.07 Å². The van der Waals surface area contributed by atoms with Crippen LogP contribution in [0.4, 0.5) is 30.2 Å². The zero-order valence-corrected chi connectivity index (χ0v) is 17.1. The SMILES string of the molecule is CC(=O)N1CCc2cc(N3C[C@H](C(=O)Nc4cccc(OC(F)(F)F)c4)CC3=O)ccc21. The summed E-state index contributed by atoms with van der Waals surface area (Å²) in [7, 11) is 0. The number of hydrogen-bond donors (Lipinski definition) is 1. The molecule has 1 atom stereocenters. The monoisotopic (exact) mass is 447 g/mol. The molecule has 0 unspecified atom stereocenters. The summed E-state index contributed by atoms with van der Waals surface area (Å²) in [4.78, 5) is 40.1. The Morgan fingerprint density at radius 2 is 1.94 bits per heavy atom. The number of ether oxygens (including phenoxy) is 1. The highest BCUT2D eigenvalue weighted by atomic mass is 19.4. The van der Waals surface area contributed by atoms with Gasteiger partial charge in [0, 0.05) is 49.6 Å². The molecule has 168 valence electrons. The van der Waals surface area contributed by atoms with Gasteiger partial charge in [0.15, 0.2) is 0 Å². The zero-order chi connectivity index (χ0) is 23.0. The average Bonchev–Trinajstić information content (AvgIpc) is 3.30. The van der Waals surface area contributed by atoms with Crippen molar-refractivity contribution < 1.29 is 32.3 Å². The largest absolute Gasteiger partial charge is 0.573 e. The third-order valence-corrected chi connectivity index (χ3v) is 5.48. The van der Waals surface area contributed by atoms with Crippen LogP contribution in [0.1, 0.15) is 18.9 Å². The first kappa shape index (κ1) is 21.7. The molecule has 0 aromatic heterocycles. The summed E-state index contributed by atoms with van der Waals surface area (Å²) < 4.78 is 41.1. The number of nitrogens with one attached hydrogen (secondary N) is 1. The molecule has 7 nitrogen and oxygen atoms in total. The number of halogens is 3. The van der Waals surface area contributed by atoms with E-state index in [9.17, 15) is 27.6 Å². The molecule has 0 aliphatic carbocycles. The number of carbonyl (C=O) groups is 3. The highest BCUT2D eigenvalue weighted by Gasteiger charge is 2.36. The molecule has 2 aromatic rings. The van der Waals surface area contributed by atoms with E-state index in [2.05, 4.69) is 10.1 Å². The van der Waals surface area contributed by atoms with Gasteiger partial charge in [-0.25, -0.2) is 0 Å². The molecule has 2 heterocycles. The van der Waals surface area contributed by atoms with Gasteiger partial charge in [0.1, 0.15) is 5.75 Å². The summed E-state index contributed by atoms with van der Waals surface area (Å²) in [5.41, 5.74) is 2.57. The van der Waals surface area contributed by atoms with Crippen molar-refractivity contribution in [1.82, 2.24) is 0 Å².